The molecule has 1 aliphatic heterocycles. The van der Waals surface area contributed by atoms with Crippen LogP contribution in [0.5, 0.6) is 0 Å². The maximum absolute atomic E-state index is 4.91. The number of aromatic nitrogens is 2. The Bertz CT molecular complexity index is 734. The van der Waals surface area contributed by atoms with Gasteiger partial charge in [0, 0.05) is 38.6 Å². The van der Waals surface area contributed by atoms with Crippen molar-refractivity contribution >= 4 is 5.96 Å². The molecule has 0 aliphatic carbocycles. The number of likely N-dealkylation sites (tertiary alicyclic amines) is 1. The lowest BCUT2D eigenvalue weighted by Gasteiger charge is -2.33. The van der Waals surface area contributed by atoms with Gasteiger partial charge in [-0.2, -0.15) is 0 Å². The van der Waals surface area contributed by atoms with Crippen molar-refractivity contribution in [3.05, 3.63) is 53.6 Å². The summed E-state index contributed by atoms with van der Waals surface area (Å²) >= 11 is 0. The molecule has 0 radical (unpaired) electrons. The van der Waals surface area contributed by atoms with Crippen molar-refractivity contribution in [1.29, 1.82) is 0 Å². The summed E-state index contributed by atoms with van der Waals surface area (Å²) in [5.74, 6) is 2.84. The van der Waals surface area contributed by atoms with E-state index in [-0.39, 0.29) is 0 Å². The van der Waals surface area contributed by atoms with Gasteiger partial charge in [-0.05, 0) is 43.7 Å². The predicted molar refractivity (Wildman–Crippen MR) is 107 cm³/mol. The molecule has 3 rings (SSSR count). The van der Waals surface area contributed by atoms with Crippen LogP contribution >= 0.6 is 0 Å². The highest BCUT2D eigenvalue weighted by Crippen LogP contribution is 2.16. The standard InChI is InChI=1S/C21H31N5/c1-4-22-21(26-11-6-7-17(2)15-26)24-14-19-8-5-9-20(13-19)16-25-12-10-23-18(25)3/h5,8-10,12-13,17H,4,6-7,11,14-16H2,1-3H3,(H,22,24). The molecular formula is C21H31N5. The number of guanidine groups is 1. The van der Waals surface area contributed by atoms with Crippen LogP contribution in [0.15, 0.2) is 41.7 Å². The van der Waals surface area contributed by atoms with E-state index in [0.29, 0.717) is 6.54 Å². The van der Waals surface area contributed by atoms with Crippen LogP contribution in [0, 0.1) is 12.8 Å². The van der Waals surface area contributed by atoms with Gasteiger partial charge in [-0.3, -0.25) is 0 Å². The second-order valence-electron chi connectivity index (χ2n) is 7.29. The van der Waals surface area contributed by atoms with E-state index in [2.05, 4.69) is 57.9 Å². The smallest absolute Gasteiger partial charge is 0.194 e. The highest BCUT2D eigenvalue weighted by atomic mass is 15.3. The number of aliphatic imine (C=N–C) groups is 1. The van der Waals surface area contributed by atoms with Gasteiger partial charge in [-0.25, -0.2) is 9.98 Å². The Morgan fingerprint density at radius 3 is 2.92 bits per heavy atom. The molecule has 1 N–H and O–H groups in total. The zero-order valence-electron chi connectivity index (χ0n) is 16.3. The monoisotopic (exact) mass is 353 g/mol. The average Bonchev–Trinajstić information content (AvgIpc) is 3.04. The van der Waals surface area contributed by atoms with E-state index >= 15 is 0 Å². The summed E-state index contributed by atoms with van der Waals surface area (Å²) < 4.78 is 2.17. The Morgan fingerprint density at radius 1 is 1.35 bits per heavy atom. The second kappa shape index (κ2) is 8.88. The highest BCUT2D eigenvalue weighted by Gasteiger charge is 2.19. The summed E-state index contributed by atoms with van der Waals surface area (Å²) in [5.41, 5.74) is 2.54. The second-order valence-corrected chi connectivity index (χ2v) is 7.29. The number of hydrogen-bond acceptors (Lipinski definition) is 2. The molecule has 0 amide bonds. The Balaban J connectivity index is 1.69. The molecule has 0 saturated carbocycles. The van der Waals surface area contributed by atoms with Crippen LogP contribution < -0.4 is 5.32 Å². The Morgan fingerprint density at radius 2 is 2.19 bits per heavy atom. The Hall–Kier alpha value is -2.30. The molecule has 2 heterocycles. The molecule has 5 nitrogen and oxygen atoms in total. The maximum Gasteiger partial charge on any atom is 0.194 e. The van der Waals surface area contributed by atoms with Gasteiger partial charge in [0.25, 0.3) is 0 Å². The first-order chi connectivity index (χ1) is 12.7. The van der Waals surface area contributed by atoms with E-state index in [1.807, 2.05) is 19.3 Å². The number of hydrogen-bond donors (Lipinski definition) is 1. The highest BCUT2D eigenvalue weighted by molar-refractivity contribution is 5.80. The van der Waals surface area contributed by atoms with E-state index in [1.54, 1.807) is 0 Å². The molecule has 1 atom stereocenters. The minimum Gasteiger partial charge on any atom is -0.357 e. The molecule has 0 bridgehead atoms. The molecule has 1 fully saturated rings. The van der Waals surface area contributed by atoms with Crippen molar-refractivity contribution in [3.8, 4) is 0 Å². The molecule has 1 aromatic carbocycles. The molecule has 0 spiro atoms. The largest absolute Gasteiger partial charge is 0.357 e. The van der Waals surface area contributed by atoms with E-state index in [0.717, 1.165) is 43.9 Å². The summed E-state index contributed by atoms with van der Waals surface area (Å²) in [6.45, 7) is 11.2. The molecule has 1 unspecified atom stereocenters. The van der Waals surface area contributed by atoms with Crippen molar-refractivity contribution in [2.24, 2.45) is 10.9 Å². The van der Waals surface area contributed by atoms with Crippen molar-refractivity contribution < 1.29 is 0 Å². The lowest BCUT2D eigenvalue weighted by atomic mass is 10.0. The molecule has 140 valence electrons. The molecule has 26 heavy (non-hydrogen) atoms. The van der Waals surface area contributed by atoms with Crippen molar-refractivity contribution in [3.63, 3.8) is 0 Å². The zero-order chi connectivity index (χ0) is 18.4. The van der Waals surface area contributed by atoms with Crippen LogP contribution in [0.2, 0.25) is 0 Å². The van der Waals surface area contributed by atoms with Gasteiger partial charge in [0.2, 0.25) is 0 Å². The number of benzene rings is 1. The van der Waals surface area contributed by atoms with E-state index < -0.39 is 0 Å². The van der Waals surface area contributed by atoms with E-state index in [4.69, 9.17) is 4.99 Å². The number of nitrogens with one attached hydrogen (secondary N) is 1. The summed E-state index contributed by atoms with van der Waals surface area (Å²) in [7, 11) is 0. The van der Waals surface area contributed by atoms with Gasteiger partial charge in [-0.1, -0.05) is 31.2 Å². The predicted octanol–water partition coefficient (Wildman–Crippen LogP) is 3.44. The number of piperidine rings is 1. The third-order valence-corrected chi connectivity index (χ3v) is 4.97. The number of aryl methyl sites for hydroxylation is 1. The molecule has 2 aromatic rings. The lowest BCUT2D eigenvalue weighted by molar-refractivity contribution is 0.266. The van der Waals surface area contributed by atoms with Gasteiger partial charge in [0.15, 0.2) is 5.96 Å². The van der Waals surface area contributed by atoms with Crippen molar-refractivity contribution in [2.75, 3.05) is 19.6 Å². The summed E-state index contributed by atoms with van der Waals surface area (Å²) in [4.78, 5) is 11.6. The summed E-state index contributed by atoms with van der Waals surface area (Å²) in [6, 6.07) is 8.72. The fourth-order valence-corrected chi connectivity index (χ4v) is 3.57. The van der Waals surface area contributed by atoms with Crippen molar-refractivity contribution in [1.82, 2.24) is 19.8 Å². The first kappa shape index (κ1) is 18.5. The van der Waals surface area contributed by atoms with Gasteiger partial charge >= 0.3 is 0 Å². The van der Waals surface area contributed by atoms with E-state index in [1.165, 1.54) is 24.0 Å². The summed E-state index contributed by atoms with van der Waals surface area (Å²) in [5, 5.41) is 3.47. The first-order valence-electron chi connectivity index (χ1n) is 9.74. The van der Waals surface area contributed by atoms with Crippen LogP contribution in [0.3, 0.4) is 0 Å². The fourth-order valence-electron chi connectivity index (χ4n) is 3.57. The third kappa shape index (κ3) is 4.87. The van der Waals surface area contributed by atoms with Crippen molar-refractivity contribution in [2.45, 2.75) is 46.7 Å². The maximum atomic E-state index is 4.91. The SMILES string of the molecule is CCNC(=NCc1cccc(Cn2ccnc2C)c1)N1CCCC(C)C1. The molecule has 1 aliphatic rings. The quantitative estimate of drug-likeness (QED) is 0.662. The fraction of sp³-hybridized carbons (Fsp3) is 0.524. The van der Waals surface area contributed by atoms with Crippen LogP contribution in [0.1, 0.15) is 43.6 Å². The van der Waals surface area contributed by atoms with Gasteiger partial charge in [0.05, 0.1) is 6.54 Å². The number of rotatable bonds is 5. The van der Waals surface area contributed by atoms with Crippen LogP contribution in [-0.2, 0) is 13.1 Å². The van der Waals surface area contributed by atoms with Gasteiger partial charge in [0.1, 0.15) is 5.82 Å². The Labute approximate surface area is 157 Å². The van der Waals surface area contributed by atoms with Crippen LogP contribution in [0.4, 0.5) is 0 Å². The van der Waals surface area contributed by atoms with Crippen LogP contribution in [0.25, 0.3) is 0 Å². The summed E-state index contributed by atoms with van der Waals surface area (Å²) in [6.07, 6.45) is 6.46. The number of imidazole rings is 1. The normalized spacial score (nSPS) is 18.2. The van der Waals surface area contributed by atoms with Crippen LogP contribution in [-0.4, -0.2) is 40.0 Å². The average molecular weight is 354 g/mol. The minimum atomic E-state index is 0.712. The molecule has 5 heteroatoms. The van der Waals surface area contributed by atoms with Gasteiger partial charge < -0.3 is 14.8 Å². The minimum absolute atomic E-state index is 0.712. The van der Waals surface area contributed by atoms with E-state index in [9.17, 15) is 0 Å². The first-order valence-corrected chi connectivity index (χ1v) is 9.74. The topological polar surface area (TPSA) is 45.5 Å². The number of nitrogens with zero attached hydrogens (tertiary/aromatic N) is 4. The van der Waals surface area contributed by atoms with Gasteiger partial charge in [-0.15, -0.1) is 0 Å². The molecule has 1 aromatic heterocycles. The lowest BCUT2D eigenvalue weighted by Crippen LogP contribution is -2.46. The molecular weight excluding hydrogens is 322 g/mol. The third-order valence-electron chi connectivity index (χ3n) is 4.97. The molecule has 1 saturated heterocycles. The zero-order valence-corrected chi connectivity index (χ0v) is 16.3. The Kier molecular flexibility index (Phi) is 6.31.